The molecule has 4 heteroatoms. The smallest absolute Gasteiger partial charge is 0.321 e. The Morgan fingerprint density at radius 2 is 1.80 bits per heavy atom. The Morgan fingerprint density at radius 3 is 2.55 bits per heavy atom. The zero-order valence-corrected chi connectivity index (χ0v) is 11.6. The molecule has 0 unspecified atom stereocenters. The van der Waals surface area contributed by atoms with Crippen LogP contribution in [0.4, 0.5) is 10.5 Å². The van der Waals surface area contributed by atoms with Crippen LogP contribution >= 0.6 is 0 Å². The number of carbonyl (C=O) groups excluding carboxylic acids is 1. The predicted octanol–water partition coefficient (Wildman–Crippen LogP) is 3.46. The number of amides is 2. The van der Waals surface area contributed by atoms with Crippen LogP contribution in [0.5, 0.6) is 5.75 Å². The van der Waals surface area contributed by atoms with E-state index in [-0.39, 0.29) is 12.8 Å². The number of anilines is 1. The first-order chi connectivity index (χ1) is 9.66. The van der Waals surface area contributed by atoms with E-state index in [1.807, 2.05) is 62.4 Å². The second-order valence-corrected chi connectivity index (χ2v) is 4.48. The summed E-state index contributed by atoms with van der Waals surface area (Å²) in [5.74, 6) is 0.722. The second-order valence-electron chi connectivity index (χ2n) is 4.48. The molecule has 0 radical (unpaired) electrons. The Kier molecular flexibility index (Phi) is 4.60. The molecule has 0 aliphatic carbocycles. The Morgan fingerprint density at radius 1 is 1.05 bits per heavy atom. The van der Waals surface area contributed by atoms with E-state index < -0.39 is 0 Å². The lowest BCUT2D eigenvalue weighted by Crippen LogP contribution is -2.32. The topological polar surface area (TPSA) is 50.4 Å². The maximum atomic E-state index is 11.8. The summed E-state index contributed by atoms with van der Waals surface area (Å²) in [5, 5.41) is 5.46. The summed E-state index contributed by atoms with van der Waals surface area (Å²) in [7, 11) is 0. The van der Waals surface area contributed by atoms with Gasteiger partial charge in [-0.15, -0.1) is 0 Å². The van der Waals surface area contributed by atoms with Gasteiger partial charge in [-0.05, 0) is 43.2 Å². The van der Waals surface area contributed by atoms with Crippen molar-refractivity contribution >= 4 is 11.7 Å². The van der Waals surface area contributed by atoms with E-state index in [9.17, 15) is 4.79 Å². The van der Waals surface area contributed by atoms with Crippen molar-refractivity contribution in [2.75, 3.05) is 12.0 Å². The van der Waals surface area contributed by atoms with Crippen LogP contribution in [0.2, 0.25) is 0 Å². The molecule has 2 amide bonds. The van der Waals surface area contributed by atoms with Crippen molar-refractivity contribution in [2.24, 2.45) is 0 Å². The van der Waals surface area contributed by atoms with Crippen LogP contribution in [-0.2, 0) is 0 Å². The highest BCUT2D eigenvalue weighted by Crippen LogP contribution is 2.17. The van der Waals surface area contributed by atoms with Gasteiger partial charge in [0.2, 0.25) is 0 Å². The molecule has 0 aliphatic heterocycles. The van der Waals surface area contributed by atoms with E-state index >= 15 is 0 Å². The van der Waals surface area contributed by atoms with Crippen molar-refractivity contribution in [3.63, 3.8) is 0 Å². The van der Waals surface area contributed by atoms with Gasteiger partial charge in [-0.2, -0.15) is 0 Å². The fraction of sp³-hybridized carbons (Fsp3) is 0.188. The van der Waals surface area contributed by atoms with Crippen molar-refractivity contribution in [2.45, 2.75) is 13.8 Å². The summed E-state index contributed by atoms with van der Waals surface area (Å²) in [6.45, 7) is 4.11. The lowest BCUT2D eigenvalue weighted by Gasteiger charge is -2.12. The largest absolute Gasteiger partial charge is 0.473 e. The van der Waals surface area contributed by atoms with Crippen LogP contribution in [0.15, 0.2) is 48.5 Å². The second kappa shape index (κ2) is 6.61. The Labute approximate surface area is 118 Å². The van der Waals surface area contributed by atoms with Crippen LogP contribution in [0, 0.1) is 13.8 Å². The van der Waals surface area contributed by atoms with Gasteiger partial charge >= 0.3 is 6.03 Å². The van der Waals surface area contributed by atoms with Gasteiger partial charge in [0.05, 0.1) is 0 Å². The minimum Gasteiger partial charge on any atom is -0.473 e. The van der Waals surface area contributed by atoms with Crippen LogP contribution < -0.4 is 15.4 Å². The Hall–Kier alpha value is -2.49. The molecule has 104 valence electrons. The van der Waals surface area contributed by atoms with Crippen LogP contribution in [0.3, 0.4) is 0 Å². The zero-order valence-electron chi connectivity index (χ0n) is 11.6. The lowest BCUT2D eigenvalue weighted by atomic mass is 10.1. The van der Waals surface area contributed by atoms with Crippen molar-refractivity contribution in [3.05, 3.63) is 59.7 Å². The van der Waals surface area contributed by atoms with Crippen molar-refractivity contribution in [1.82, 2.24) is 5.32 Å². The molecule has 2 aromatic carbocycles. The van der Waals surface area contributed by atoms with Gasteiger partial charge in [-0.3, -0.25) is 0 Å². The monoisotopic (exact) mass is 270 g/mol. The minimum absolute atomic E-state index is 0.126. The maximum Gasteiger partial charge on any atom is 0.321 e. The van der Waals surface area contributed by atoms with Crippen LogP contribution in [0.25, 0.3) is 0 Å². The van der Waals surface area contributed by atoms with Crippen molar-refractivity contribution in [3.8, 4) is 5.75 Å². The third-order valence-corrected chi connectivity index (χ3v) is 3.07. The summed E-state index contributed by atoms with van der Waals surface area (Å²) < 4.78 is 5.40. The molecule has 2 rings (SSSR count). The number of carbonyl (C=O) groups is 1. The number of rotatable bonds is 4. The van der Waals surface area contributed by atoms with E-state index in [4.69, 9.17) is 4.74 Å². The molecule has 0 aliphatic rings. The standard InChI is InChI=1S/C16H18N2O2/c1-12-7-6-10-15(13(12)2)18-16(19)17-11-20-14-8-4-3-5-9-14/h3-10H,11H2,1-2H3,(H2,17,18,19). The molecule has 4 nitrogen and oxygen atoms in total. The molecule has 20 heavy (non-hydrogen) atoms. The highest BCUT2D eigenvalue weighted by Gasteiger charge is 2.05. The fourth-order valence-electron chi connectivity index (χ4n) is 1.75. The summed E-state index contributed by atoms with van der Waals surface area (Å²) >= 11 is 0. The van der Waals surface area contributed by atoms with Gasteiger partial charge in [-0.25, -0.2) is 4.79 Å². The number of urea groups is 1. The Balaban J connectivity index is 1.82. The average Bonchev–Trinajstić information content (AvgIpc) is 2.45. The van der Waals surface area contributed by atoms with Gasteiger partial charge in [-0.1, -0.05) is 30.3 Å². The number of aryl methyl sites for hydroxylation is 1. The molecule has 2 N–H and O–H groups in total. The van der Waals surface area contributed by atoms with Gasteiger partial charge < -0.3 is 15.4 Å². The van der Waals surface area contributed by atoms with Gasteiger partial charge in [0.25, 0.3) is 0 Å². The lowest BCUT2D eigenvalue weighted by molar-refractivity contribution is 0.234. The van der Waals surface area contributed by atoms with Gasteiger partial charge in [0, 0.05) is 5.69 Å². The molecule has 0 saturated heterocycles. The number of hydrogen-bond acceptors (Lipinski definition) is 2. The summed E-state index contributed by atoms with van der Waals surface area (Å²) in [6.07, 6.45) is 0. The van der Waals surface area contributed by atoms with Gasteiger partial charge in [0.15, 0.2) is 6.73 Å². The van der Waals surface area contributed by atoms with E-state index in [0.717, 1.165) is 22.6 Å². The highest BCUT2D eigenvalue weighted by atomic mass is 16.5. The number of nitrogens with one attached hydrogen (secondary N) is 2. The SMILES string of the molecule is Cc1cccc(NC(=O)NCOc2ccccc2)c1C. The van der Waals surface area contributed by atoms with Gasteiger partial charge in [0.1, 0.15) is 5.75 Å². The predicted molar refractivity (Wildman–Crippen MR) is 80.0 cm³/mol. The van der Waals surface area contributed by atoms with E-state index in [0.29, 0.717) is 0 Å². The quantitative estimate of drug-likeness (QED) is 0.836. The van der Waals surface area contributed by atoms with Crippen LogP contribution in [0.1, 0.15) is 11.1 Å². The maximum absolute atomic E-state index is 11.8. The Bertz CT molecular complexity index is 582. The first-order valence-corrected chi connectivity index (χ1v) is 6.46. The molecule has 0 spiro atoms. The zero-order chi connectivity index (χ0) is 14.4. The van der Waals surface area contributed by atoms with E-state index in [1.54, 1.807) is 0 Å². The first kappa shape index (κ1) is 13.9. The molecule has 0 saturated carbocycles. The summed E-state index contributed by atoms with van der Waals surface area (Å²) in [5.41, 5.74) is 3.01. The number of hydrogen-bond donors (Lipinski definition) is 2. The molecular formula is C16H18N2O2. The summed E-state index contributed by atoms with van der Waals surface area (Å²) in [4.78, 5) is 11.8. The molecule has 2 aromatic rings. The first-order valence-electron chi connectivity index (χ1n) is 6.46. The number of ether oxygens (including phenoxy) is 1. The third-order valence-electron chi connectivity index (χ3n) is 3.07. The third kappa shape index (κ3) is 3.75. The minimum atomic E-state index is -0.283. The van der Waals surface area contributed by atoms with Crippen molar-refractivity contribution < 1.29 is 9.53 Å². The molecule has 0 fully saturated rings. The van der Waals surface area contributed by atoms with Crippen LogP contribution in [-0.4, -0.2) is 12.8 Å². The van der Waals surface area contributed by atoms with Crippen molar-refractivity contribution in [1.29, 1.82) is 0 Å². The molecule has 0 aromatic heterocycles. The fourth-order valence-corrected chi connectivity index (χ4v) is 1.75. The molecule has 0 atom stereocenters. The molecule has 0 bridgehead atoms. The normalized spacial score (nSPS) is 9.90. The van der Waals surface area contributed by atoms with E-state index in [1.165, 1.54) is 0 Å². The van der Waals surface area contributed by atoms with E-state index in [2.05, 4.69) is 10.6 Å². The summed E-state index contributed by atoms with van der Waals surface area (Å²) in [6, 6.07) is 14.9. The number of para-hydroxylation sites is 1. The highest BCUT2D eigenvalue weighted by molar-refractivity contribution is 5.90. The number of benzene rings is 2. The average molecular weight is 270 g/mol. The molecule has 0 heterocycles. The molecular weight excluding hydrogens is 252 g/mol.